The number of hydrogen-bond donors (Lipinski definition) is 0. The summed E-state index contributed by atoms with van der Waals surface area (Å²) in [5, 5.41) is 8.73. The highest BCUT2D eigenvalue weighted by Crippen LogP contribution is 2.26. The van der Waals surface area contributed by atoms with Gasteiger partial charge in [-0.1, -0.05) is 32.9 Å². The van der Waals surface area contributed by atoms with Crippen molar-refractivity contribution in [3.05, 3.63) is 29.8 Å². The summed E-state index contributed by atoms with van der Waals surface area (Å²) in [6.45, 7) is 11.4. The second kappa shape index (κ2) is 6.10. The molecular formula is C16H23N3OS. The van der Waals surface area contributed by atoms with Gasteiger partial charge in [-0.25, -0.2) is 0 Å². The van der Waals surface area contributed by atoms with Crippen LogP contribution in [0.1, 0.15) is 40.2 Å². The van der Waals surface area contributed by atoms with E-state index >= 15 is 0 Å². The van der Waals surface area contributed by atoms with Crippen LogP contribution >= 0.6 is 12.2 Å². The molecule has 2 atom stereocenters. The minimum absolute atomic E-state index is 0.102. The standard InChI is InChI=1S/C16H23N3OS/c1-6-19-14(17-18-15(19)21)11(2)20-13-9-7-12(8-10-13)16(3,4)5/h7-11,14H,6H2,1-5H3. The summed E-state index contributed by atoms with van der Waals surface area (Å²) in [5.74, 6) is 0.847. The molecule has 0 radical (unpaired) electrons. The molecule has 5 heteroatoms. The predicted molar refractivity (Wildman–Crippen MR) is 88.9 cm³/mol. The first kappa shape index (κ1) is 15.9. The third-order valence-electron chi connectivity index (χ3n) is 3.63. The first-order valence-corrected chi connectivity index (χ1v) is 7.72. The second-order valence-electron chi connectivity index (χ2n) is 6.30. The molecule has 4 nitrogen and oxygen atoms in total. The summed E-state index contributed by atoms with van der Waals surface area (Å²) >= 11 is 5.17. The highest BCUT2D eigenvalue weighted by molar-refractivity contribution is 7.80. The maximum absolute atomic E-state index is 5.99. The number of azo groups is 1. The largest absolute Gasteiger partial charge is 0.486 e. The van der Waals surface area contributed by atoms with E-state index in [1.54, 1.807) is 0 Å². The van der Waals surface area contributed by atoms with Crippen LogP contribution in [0.25, 0.3) is 0 Å². The zero-order valence-electron chi connectivity index (χ0n) is 13.3. The molecule has 2 unspecified atom stereocenters. The van der Waals surface area contributed by atoms with Gasteiger partial charge in [0.05, 0.1) is 0 Å². The molecule has 1 aromatic carbocycles. The zero-order valence-corrected chi connectivity index (χ0v) is 14.1. The van der Waals surface area contributed by atoms with Crippen LogP contribution in [0.2, 0.25) is 0 Å². The molecule has 0 spiro atoms. The van der Waals surface area contributed by atoms with Crippen LogP contribution < -0.4 is 4.74 Å². The van der Waals surface area contributed by atoms with Crippen molar-refractivity contribution in [2.45, 2.75) is 52.3 Å². The van der Waals surface area contributed by atoms with Crippen molar-refractivity contribution in [3.63, 3.8) is 0 Å². The van der Waals surface area contributed by atoms with E-state index in [-0.39, 0.29) is 17.7 Å². The van der Waals surface area contributed by atoms with Crippen LogP contribution in [-0.2, 0) is 5.41 Å². The molecule has 0 bridgehead atoms. The highest BCUT2D eigenvalue weighted by Gasteiger charge is 2.31. The number of benzene rings is 1. The SMILES string of the molecule is CCN1C(=S)N=NC1C(C)Oc1ccc(C(C)(C)C)cc1. The first-order valence-electron chi connectivity index (χ1n) is 7.31. The normalized spacial score (nSPS) is 20.0. The van der Waals surface area contributed by atoms with Crippen molar-refractivity contribution in [3.8, 4) is 5.75 Å². The Morgan fingerprint density at radius 3 is 2.43 bits per heavy atom. The Kier molecular flexibility index (Phi) is 4.61. The summed E-state index contributed by atoms with van der Waals surface area (Å²) in [7, 11) is 0. The third kappa shape index (κ3) is 3.59. The van der Waals surface area contributed by atoms with Crippen LogP contribution in [-0.4, -0.2) is 28.8 Å². The van der Waals surface area contributed by atoms with Gasteiger partial charge in [0.15, 0.2) is 6.17 Å². The van der Waals surface area contributed by atoms with Gasteiger partial charge < -0.3 is 9.64 Å². The molecular weight excluding hydrogens is 282 g/mol. The molecule has 0 aromatic heterocycles. The molecule has 1 heterocycles. The van der Waals surface area contributed by atoms with Crippen molar-refractivity contribution >= 4 is 17.3 Å². The van der Waals surface area contributed by atoms with Gasteiger partial charge in [-0.05, 0) is 49.2 Å². The van der Waals surface area contributed by atoms with Crippen LogP contribution in [0.4, 0.5) is 0 Å². The van der Waals surface area contributed by atoms with Gasteiger partial charge in [0.1, 0.15) is 11.9 Å². The summed E-state index contributed by atoms with van der Waals surface area (Å²) in [5.41, 5.74) is 1.44. The number of thiocarbonyl (C=S) groups is 1. The molecule has 1 aliphatic rings. The van der Waals surface area contributed by atoms with Gasteiger partial charge in [0.2, 0.25) is 5.11 Å². The van der Waals surface area contributed by atoms with Gasteiger partial charge in [-0.15, -0.1) is 5.11 Å². The van der Waals surface area contributed by atoms with Gasteiger partial charge in [0, 0.05) is 6.54 Å². The molecule has 0 amide bonds. The Bertz CT molecular complexity index is 533. The van der Waals surface area contributed by atoms with E-state index in [1.807, 2.05) is 30.9 Å². The molecule has 0 saturated heterocycles. The van der Waals surface area contributed by atoms with E-state index in [2.05, 4.69) is 43.1 Å². The summed E-state index contributed by atoms with van der Waals surface area (Å²) in [4.78, 5) is 1.98. The third-order valence-corrected chi connectivity index (χ3v) is 3.95. The van der Waals surface area contributed by atoms with Crippen LogP contribution in [0.3, 0.4) is 0 Å². The van der Waals surface area contributed by atoms with Crippen molar-refractivity contribution in [1.29, 1.82) is 0 Å². The smallest absolute Gasteiger partial charge is 0.217 e. The fourth-order valence-corrected chi connectivity index (χ4v) is 2.60. The Morgan fingerprint density at radius 1 is 1.29 bits per heavy atom. The molecule has 0 N–H and O–H groups in total. The van der Waals surface area contributed by atoms with E-state index in [4.69, 9.17) is 17.0 Å². The fraction of sp³-hybridized carbons (Fsp3) is 0.562. The Morgan fingerprint density at radius 2 is 1.90 bits per heavy atom. The molecule has 21 heavy (non-hydrogen) atoms. The topological polar surface area (TPSA) is 37.2 Å². The van der Waals surface area contributed by atoms with E-state index < -0.39 is 0 Å². The highest BCUT2D eigenvalue weighted by atomic mass is 32.1. The fourth-order valence-electron chi connectivity index (χ4n) is 2.32. The summed E-state index contributed by atoms with van der Waals surface area (Å²) < 4.78 is 5.99. The number of likely N-dealkylation sites (N-methyl/N-ethyl adjacent to an activating group) is 1. The summed E-state index contributed by atoms with van der Waals surface area (Å²) in [6.07, 6.45) is -0.237. The van der Waals surface area contributed by atoms with Gasteiger partial charge in [-0.2, -0.15) is 5.11 Å². The first-order chi connectivity index (χ1) is 9.82. The molecule has 0 saturated carbocycles. The Labute approximate surface area is 132 Å². The van der Waals surface area contributed by atoms with Crippen molar-refractivity contribution in [2.75, 3.05) is 6.54 Å². The lowest BCUT2D eigenvalue weighted by atomic mass is 9.87. The number of rotatable bonds is 4. The Hall–Kier alpha value is -1.49. The zero-order chi connectivity index (χ0) is 15.6. The van der Waals surface area contributed by atoms with E-state index in [1.165, 1.54) is 5.56 Å². The maximum atomic E-state index is 5.99. The number of ether oxygens (including phenoxy) is 1. The van der Waals surface area contributed by atoms with E-state index in [0.717, 1.165) is 12.3 Å². The lowest BCUT2D eigenvalue weighted by Crippen LogP contribution is -2.42. The molecule has 0 aliphatic carbocycles. The monoisotopic (exact) mass is 305 g/mol. The van der Waals surface area contributed by atoms with Gasteiger partial charge >= 0.3 is 0 Å². The van der Waals surface area contributed by atoms with E-state index in [0.29, 0.717) is 5.11 Å². The lowest BCUT2D eigenvalue weighted by Gasteiger charge is -2.27. The summed E-state index contributed by atoms with van der Waals surface area (Å²) in [6, 6.07) is 8.25. The number of nitrogens with zero attached hydrogens (tertiary/aromatic N) is 3. The van der Waals surface area contributed by atoms with Crippen molar-refractivity contribution in [1.82, 2.24) is 4.90 Å². The molecule has 114 valence electrons. The molecule has 1 aliphatic heterocycles. The molecule has 2 rings (SSSR count). The van der Waals surface area contributed by atoms with Crippen LogP contribution in [0, 0.1) is 0 Å². The average molecular weight is 305 g/mol. The average Bonchev–Trinajstić information content (AvgIpc) is 2.79. The second-order valence-corrected chi connectivity index (χ2v) is 6.66. The quantitative estimate of drug-likeness (QED) is 0.784. The van der Waals surface area contributed by atoms with Crippen molar-refractivity contribution in [2.24, 2.45) is 10.2 Å². The minimum atomic E-state index is -0.134. The number of hydrogen-bond acceptors (Lipinski definition) is 3. The molecule has 0 fully saturated rings. The lowest BCUT2D eigenvalue weighted by molar-refractivity contribution is 0.133. The van der Waals surface area contributed by atoms with Crippen LogP contribution in [0.5, 0.6) is 5.75 Å². The van der Waals surface area contributed by atoms with E-state index in [9.17, 15) is 0 Å². The van der Waals surface area contributed by atoms with Gasteiger partial charge in [-0.3, -0.25) is 0 Å². The van der Waals surface area contributed by atoms with Crippen LogP contribution in [0.15, 0.2) is 34.5 Å². The van der Waals surface area contributed by atoms with Gasteiger partial charge in [0.25, 0.3) is 0 Å². The maximum Gasteiger partial charge on any atom is 0.217 e. The Balaban J connectivity index is 2.05. The predicted octanol–water partition coefficient (Wildman–Crippen LogP) is 4.15. The van der Waals surface area contributed by atoms with Crippen molar-refractivity contribution < 1.29 is 4.74 Å². The molecule has 1 aromatic rings. The minimum Gasteiger partial charge on any atom is -0.486 e.